The summed E-state index contributed by atoms with van der Waals surface area (Å²) in [6.45, 7) is 6.45. The number of hydrogen-bond acceptors (Lipinski definition) is 2. The Morgan fingerprint density at radius 3 is 2.79 bits per heavy atom. The highest BCUT2D eigenvalue weighted by atomic mass is 16.5. The van der Waals surface area contributed by atoms with Crippen LogP contribution in [-0.4, -0.2) is 46.9 Å². The summed E-state index contributed by atoms with van der Waals surface area (Å²) in [7, 11) is 4.22. The van der Waals surface area contributed by atoms with Crippen LogP contribution in [0.25, 0.3) is 0 Å². The van der Waals surface area contributed by atoms with E-state index in [0.717, 1.165) is 32.8 Å². The molecule has 0 saturated carbocycles. The SMILES string of the molecule is CN(C)c1ccc2c(c1)C[NH2+]C[C@@H]2[NH+]1CCOCC1. The molecule has 104 valence electrons. The summed E-state index contributed by atoms with van der Waals surface area (Å²) >= 11 is 0. The Bertz CT molecular complexity index is 441. The number of ether oxygens (including phenoxy) is 1. The third-order valence-electron chi connectivity index (χ3n) is 4.41. The maximum atomic E-state index is 5.49. The van der Waals surface area contributed by atoms with Gasteiger partial charge in [-0.2, -0.15) is 0 Å². The molecule has 0 bridgehead atoms. The fourth-order valence-electron chi connectivity index (χ4n) is 3.29. The molecule has 2 aliphatic rings. The highest BCUT2D eigenvalue weighted by molar-refractivity contribution is 5.50. The number of benzene rings is 1. The number of hydrogen-bond donors (Lipinski definition) is 2. The normalized spacial score (nSPS) is 24.0. The Morgan fingerprint density at radius 2 is 2.05 bits per heavy atom. The number of nitrogens with two attached hydrogens (primary N) is 1. The number of rotatable bonds is 2. The lowest BCUT2D eigenvalue weighted by Crippen LogP contribution is -3.17. The van der Waals surface area contributed by atoms with Crippen molar-refractivity contribution >= 4 is 5.69 Å². The zero-order chi connectivity index (χ0) is 13.2. The van der Waals surface area contributed by atoms with Crippen molar-refractivity contribution in [1.82, 2.24) is 0 Å². The van der Waals surface area contributed by atoms with Gasteiger partial charge in [-0.1, -0.05) is 6.07 Å². The first-order valence-corrected chi connectivity index (χ1v) is 7.30. The van der Waals surface area contributed by atoms with Gasteiger partial charge in [0, 0.05) is 30.9 Å². The van der Waals surface area contributed by atoms with Crippen molar-refractivity contribution in [3.8, 4) is 0 Å². The number of morpholine rings is 1. The molecule has 1 fully saturated rings. The molecule has 1 aromatic rings. The quantitative estimate of drug-likeness (QED) is 0.702. The van der Waals surface area contributed by atoms with Gasteiger partial charge in [-0.05, 0) is 12.1 Å². The van der Waals surface area contributed by atoms with Crippen molar-refractivity contribution < 1.29 is 15.0 Å². The van der Waals surface area contributed by atoms with E-state index in [1.807, 2.05) is 0 Å². The Labute approximate surface area is 115 Å². The van der Waals surface area contributed by atoms with Gasteiger partial charge < -0.3 is 19.9 Å². The lowest BCUT2D eigenvalue weighted by Gasteiger charge is -2.34. The van der Waals surface area contributed by atoms with E-state index in [4.69, 9.17) is 4.74 Å². The summed E-state index contributed by atoms with van der Waals surface area (Å²) in [6, 6.07) is 7.61. The van der Waals surface area contributed by atoms with Gasteiger partial charge in [0.05, 0.1) is 13.2 Å². The fraction of sp³-hybridized carbons (Fsp3) is 0.600. The molecule has 4 nitrogen and oxygen atoms in total. The smallest absolute Gasteiger partial charge is 0.163 e. The van der Waals surface area contributed by atoms with E-state index in [-0.39, 0.29) is 0 Å². The molecule has 0 amide bonds. The summed E-state index contributed by atoms with van der Waals surface area (Å²) in [5, 5.41) is 2.45. The van der Waals surface area contributed by atoms with E-state index >= 15 is 0 Å². The molecule has 3 rings (SSSR count). The van der Waals surface area contributed by atoms with Crippen molar-refractivity contribution in [2.45, 2.75) is 12.6 Å². The van der Waals surface area contributed by atoms with Crippen LogP contribution in [0, 0.1) is 0 Å². The molecule has 19 heavy (non-hydrogen) atoms. The molecule has 0 aliphatic carbocycles. The van der Waals surface area contributed by atoms with Crippen LogP contribution in [-0.2, 0) is 11.3 Å². The highest BCUT2D eigenvalue weighted by Crippen LogP contribution is 2.23. The molecule has 2 aliphatic heterocycles. The summed E-state index contributed by atoms with van der Waals surface area (Å²) in [5.74, 6) is 0. The number of fused-ring (bicyclic) bond motifs is 1. The number of quaternary nitrogens is 2. The van der Waals surface area contributed by atoms with Gasteiger partial charge >= 0.3 is 0 Å². The second-order valence-corrected chi connectivity index (χ2v) is 5.83. The zero-order valence-corrected chi connectivity index (χ0v) is 12.0. The maximum absolute atomic E-state index is 5.49. The van der Waals surface area contributed by atoms with Gasteiger partial charge in [-0.15, -0.1) is 0 Å². The van der Waals surface area contributed by atoms with Crippen LogP contribution in [0.3, 0.4) is 0 Å². The van der Waals surface area contributed by atoms with Crippen LogP contribution in [0.4, 0.5) is 5.69 Å². The van der Waals surface area contributed by atoms with Gasteiger partial charge in [0.2, 0.25) is 0 Å². The van der Waals surface area contributed by atoms with Gasteiger partial charge in [0.15, 0.2) is 6.04 Å². The molecule has 0 aromatic heterocycles. The second kappa shape index (κ2) is 5.49. The van der Waals surface area contributed by atoms with Crippen LogP contribution in [0.1, 0.15) is 17.2 Å². The highest BCUT2D eigenvalue weighted by Gasteiger charge is 2.32. The van der Waals surface area contributed by atoms with Crippen molar-refractivity contribution in [3.05, 3.63) is 29.3 Å². The molecule has 1 saturated heterocycles. The molecular formula is C15H25N3O+2. The Kier molecular flexibility index (Phi) is 3.73. The molecule has 1 aromatic carbocycles. The van der Waals surface area contributed by atoms with Crippen molar-refractivity contribution in [3.63, 3.8) is 0 Å². The Morgan fingerprint density at radius 1 is 1.26 bits per heavy atom. The molecule has 2 heterocycles. The van der Waals surface area contributed by atoms with Crippen LogP contribution >= 0.6 is 0 Å². The minimum Gasteiger partial charge on any atom is -0.378 e. The predicted octanol–water partition coefficient (Wildman–Crippen LogP) is -1.21. The standard InChI is InChI=1S/C15H23N3O/c1-17(2)13-3-4-14-12(9-13)10-16-11-15(14)18-5-7-19-8-6-18/h3-4,9,15-16H,5-8,10-11H2,1-2H3/p+2/t15-/m0/s1. The van der Waals surface area contributed by atoms with Crippen molar-refractivity contribution in [1.29, 1.82) is 0 Å². The predicted molar refractivity (Wildman–Crippen MR) is 75.5 cm³/mol. The first-order chi connectivity index (χ1) is 9.25. The van der Waals surface area contributed by atoms with Crippen molar-refractivity contribution in [2.75, 3.05) is 51.8 Å². The van der Waals surface area contributed by atoms with E-state index in [1.54, 1.807) is 10.5 Å². The first kappa shape index (κ1) is 12.9. The monoisotopic (exact) mass is 263 g/mol. The number of nitrogens with one attached hydrogen (secondary N) is 1. The van der Waals surface area contributed by atoms with Gasteiger partial charge in [0.25, 0.3) is 0 Å². The summed E-state index contributed by atoms with van der Waals surface area (Å²) < 4.78 is 5.49. The van der Waals surface area contributed by atoms with Gasteiger partial charge in [-0.3, -0.25) is 0 Å². The molecule has 3 N–H and O–H groups in total. The lowest BCUT2D eigenvalue weighted by molar-refractivity contribution is -0.954. The van der Waals surface area contributed by atoms with Crippen molar-refractivity contribution in [2.24, 2.45) is 0 Å². The Balaban J connectivity index is 1.87. The molecule has 4 heteroatoms. The largest absolute Gasteiger partial charge is 0.378 e. The number of nitrogens with zero attached hydrogens (tertiary/aromatic N) is 1. The van der Waals surface area contributed by atoms with E-state index in [9.17, 15) is 0 Å². The van der Waals surface area contributed by atoms with Crippen LogP contribution in [0.2, 0.25) is 0 Å². The molecular weight excluding hydrogens is 238 g/mol. The average Bonchev–Trinajstić information content (AvgIpc) is 2.47. The van der Waals surface area contributed by atoms with E-state index in [0.29, 0.717) is 6.04 Å². The zero-order valence-electron chi connectivity index (χ0n) is 12.0. The third-order valence-corrected chi connectivity index (χ3v) is 4.41. The molecule has 0 unspecified atom stereocenters. The van der Waals surface area contributed by atoms with Crippen LogP contribution < -0.4 is 15.1 Å². The van der Waals surface area contributed by atoms with Crippen LogP contribution in [0.5, 0.6) is 0 Å². The van der Waals surface area contributed by atoms with E-state index in [1.165, 1.54) is 17.8 Å². The van der Waals surface area contributed by atoms with Gasteiger partial charge in [0.1, 0.15) is 26.2 Å². The summed E-state index contributed by atoms with van der Waals surface area (Å²) in [5.41, 5.74) is 4.39. The van der Waals surface area contributed by atoms with Gasteiger partial charge in [-0.25, -0.2) is 0 Å². The summed E-state index contributed by atoms with van der Waals surface area (Å²) in [6.07, 6.45) is 0. The Hall–Kier alpha value is -1.10. The topological polar surface area (TPSA) is 33.5 Å². The molecule has 0 spiro atoms. The first-order valence-electron chi connectivity index (χ1n) is 7.30. The van der Waals surface area contributed by atoms with E-state index in [2.05, 4.69) is 42.5 Å². The fourth-order valence-corrected chi connectivity index (χ4v) is 3.29. The average molecular weight is 263 g/mol. The second-order valence-electron chi connectivity index (χ2n) is 5.83. The molecule has 1 atom stereocenters. The van der Waals surface area contributed by atoms with Crippen LogP contribution in [0.15, 0.2) is 18.2 Å². The lowest BCUT2D eigenvalue weighted by atomic mass is 9.94. The third kappa shape index (κ3) is 2.61. The maximum Gasteiger partial charge on any atom is 0.163 e. The minimum absolute atomic E-state index is 0.642. The summed E-state index contributed by atoms with van der Waals surface area (Å²) in [4.78, 5) is 3.88. The minimum atomic E-state index is 0.642. The van der Waals surface area contributed by atoms with E-state index < -0.39 is 0 Å². The molecule has 0 radical (unpaired) electrons. The number of anilines is 1.